The minimum absolute atomic E-state index is 0.144. The zero-order valence-corrected chi connectivity index (χ0v) is 19.4. The summed E-state index contributed by atoms with van der Waals surface area (Å²) in [5.41, 5.74) is 2.51. The first-order chi connectivity index (χ1) is 13.2. The van der Waals surface area contributed by atoms with Crippen LogP contribution in [-0.4, -0.2) is 31.3 Å². The first-order valence-corrected chi connectivity index (χ1v) is 10.6. The van der Waals surface area contributed by atoms with Crippen LogP contribution in [-0.2, 0) is 4.74 Å². The third-order valence-electron chi connectivity index (χ3n) is 4.48. The van der Waals surface area contributed by atoms with Crippen LogP contribution in [0.15, 0.2) is 35.3 Å². The lowest BCUT2D eigenvalue weighted by atomic mass is 10.1. The third kappa shape index (κ3) is 5.59. The van der Waals surface area contributed by atoms with E-state index in [2.05, 4.69) is 44.3 Å². The third-order valence-corrected chi connectivity index (χ3v) is 5.32. The summed E-state index contributed by atoms with van der Waals surface area (Å²) in [5, 5.41) is 7.27. The maximum Gasteiger partial charge on any atom is 0.170 e. The maximum atomic E-state index is 6.13. The number of halogens is 2. The number of rotatable bonds is 5. The molecule has 1 fully saturated rings. The number of aliphatic imine (C=N–C) groups is 1. The van der Waals surface area contributed by atoms with Gasteiger partial charge in [-0.25, -0.2) is 4.99 Å². The van der Waals surface area contributed by atoms with Crippen LogP contribution in [0.5, 0.6) is 11.5 Å². The topological polar surface area (TPSA) is 54.9 Å². The van der Waals surface area contributed by atoms with Crippen molar-refractivity contribution in [1.82, 2.24) is 5.32 Å². The van der Waals surface area contributed by atoms with Gasteiger partial charge in [-0.3, -0.25) is 0 Å². The Balaban J connectivity index is 1.72. The highest BCUT2D eigenvalue weighted by molar-refractivity contribution is 14.1. The van der Waals surface area contributed by atoms with E-state index in [1.54, 1.807) is 6.34 Å². The predicted molar refractivity (Wildman–Crippen MR) is 124 cm³/mol. The van der Waals surface area contributed by atoms with Crippen molar-refractivity contribution in [2.45, 2.75) is 39.5 Å². The normalized spacial score (nSPS) is 22.4. The van der Waals surface area contributed by atoms with E-state index in [0.717, 1.165) is 38.4 Å². The molecule has 7 heteroatoms. The second kappa shape index (κ2) is 8.98. The standard InChI is InChI=1S/C21H25ClIN3O2/c1-13-6-20(27-18-8-16(22)7-17(23)9-18)14(2)5-19(13)25-12-26-21(4)11-24-10-15(3)28-21/h5-9,12,15,24H,10-11H2,1-4H3,(H,25,26). The smallest absolute Gasteiger partial charge is 0.170 e. The molecule has 1 aliphatic rings. The lowest BCUT2D eigenvalue weighted by Crippen LogP contribution is -2.50. The molecule has 0 saturated carbocycles. The predicted octanol–water partition coefficient (Wildman–Crippen LogP) is 5.52. The van der Waals surface area contributed by atoms with Gasteiger partial charge in [-0.2, -0.15) is 0 Å². The molecule has 0 amide bonds. The molecule has 2 aromatic carbocycles. The summed E-state index contributed by atoms with van der Waals surface area (Å²) in [7, 11) is 0. The Labute approximate surface area is 185 Å². The number of aryl methyl sites for hydroxylation is 2. The molecule has 3 rings (SSSR count). The SMILES string of the molecule is Cc1cc(Oc2cc(Cl)cc(I)c2)c(C)cc1NC=NC1(C)CNCC(C)O1. The Morgan fingerprint density at radius 1 is 1.29 bits per heavy atom. The van der Waals surface area contributed by atoms with Gasteiger partial charge in [0.15, 0.2) is 5.72 Å². The molecule has 1 heterocycles. The highest BCUT2D eigenvalue weighted by atomic mass is 127. The molecule has 2 atom stereocenters. The quantitative estimate of drug-likeness (QED) is 0.314. The van der Waals surface area contributed by atoms with E-state index in [9.17, 15) is 0 Å². The fraction of sp³-hybridized carbons (Fsp3) is 0.381. The molecule has 0 aromatic heterocycles. The average molecular weight is 514 g/mol. The van der Waals surface area contributed by atoms with Crippen molar-refractivity contribution in [3.8, 4) is 11.5 Å². The summed E-state index contributed by atoms with van der Waals surface area (Å²) in [6, 6.07) is 9.74. The van der Waals surface area contributed by atoms with Gasteiger partial charge in [0, 0.05) is 27.4 Å². The summed E-state index contributed by atoms with van der Waals surface area (Å²) in [6.07, 6.45) is 1.85. The van der Waals surface area contributed by atoms with Gasteiger partial charge < -0.3 is 20.1 Å². The van der Waals surface area contributed by atoms with Crippen molar-refractivity contribution >= 4 is 46.2 Å². The maximum absolute atomic E-state index is 6.13. The van der Waals surface area contributed by atoms with E-state index in [1.165, 1.54) is 0 Å². The highest BCUT2D eigenvalue weighted by Gasteiger charge is 2.29. The lowest BCUT2D eigenvalue weighted by Gasteiger charge is -2.34. The second-order valence-corrected chi connectivity index (χ2v) is 8.96. The van der Waals surface area contributed by atoms with E-state index in [4.69, 9.17) is 21.1 Å². The minimum atomic E-state index is -0.555. The van der Waals surface area contributed by atoms with Gasteiger partial charge in [0.05, 0.1) is 12.4 Å². The molecule has 28 heavy (non-hydrogen) atoms. The Hall–Kier alpha value is -1.35. The Morgan fingerprint density at radius 2 is 2.07 bits per heavy atom. The summed E-state index contributed by atoms with van der Waals surface area (Å²) in [6.45, 7) is 9.62. The number of morpholine rings is 1. The molecule has 2 N–H and O–H groups in total. The van der Waals surface area contributed by atoms with E-state index >= 15 is 0 Å². The summed E-state index contributed by atoms with van der Waals surface area (Å²) >= 11 is 8.36. The van der Waals surface area contributed by atoms with Crippen molar-refractivity contribution in [3.05, 3.63) is 50.1 Å². The lowest BCUT2D eigenvalue weighted by molar-refractivity contribution is -0.0910. The average Bonchev–Trinajstić information content (AvgIpc) is 2.58. The monoisotopic (exact) mass is 513 g/mol. The number of anilines is 1. The highest BCUT2D eigenvalue weighted by Crippen LogP contribution is 2.32. The van der Waals surface area contributed by atoms with Crippen molar-refractivity contribution < 1.29 is 9.47 Å². The van der Waals surface area contributed by atoms with E-state index in [-0.39, 0.29) is 6.10 Å². The van der Waals surface area contributed by atoms with Crippen LogP contribution >= 0.6 is 34.2 Å². The van der Waals surface area contributed by atoms with Gasteiger partial charge in [0.1, 0.15) is 11.5 Å². The minimum Gasteiger partial charge on any atom is -0.457 e. The summed E-state index contributed by atoms with van der Waals surface area (Å²) < 4.78 is 13.0. The first-order valence-electron chi connectivity index (χ1n) is 9.18. The zero-order chi connectivity index (χ0) is 20.3. The summed E-state index contributed by atoms with van der Waals surface area (Å²) in [4.78, 5) is 4.57. The van der Waals surface area contributed by atoms with Gasteiger partial charge in [-0.1, -0.05) is 11.6 Å². The molecule has 5 nitrogen and oxygen atoms in total. The molecule has 1 aliphatic heterocycles. The Bertz CT molecular complexity index is 870. The van der Waals surface area contributed by atoms with Crippen LogP contribution in [0.3, 0.4) is 0 Å². The first kappa shape index (κ1) is 21.4. The molecule has 2 aromatic rings. The van der Waals surface area contributed by atoms with Gasteiger partial charge in [0.25, 0.3) is 0 Å². The van der Waals surface area contributed by atoms with E-state index in [1.807, 2.05) is 52.0 Å². The fourth-order valence-corrected chi connectivity index (χ4v) is 4.16. The molecular formula is C21H25ClIN3O2. The van der Waals surface area contributed by atoms with E-state index < -0.39 is 5.72 Å². The number of hydrogen-bond donors (Lipinski definition) is 2. The molecular weight excluding hydrogens is 489 g/mol. The molecule has 0 spiro atoms. The van der Waals surface area contributed by atoms with Gasteiger partial charge in [0.2, 0.25) is 0 Å². The van der Waals surface area contributed by atoms with Crippen LogP contribution in [0.4, 0.5) is 5.69 Å². The van der Waals surface area contributed by atoms with Gasteiger partial charge in [-0.15, -0.1) is 0 Å². The molecule has 0 radical (unpaired) electrons. The Morgan fingerprint density at radius 3 is 2.79 bits per heavy atom. The number of ether oxygens (including phenoxy) is 2. The van der Waals surface area contributed by atoms with Crippen molar-refractivity contribution in [3.63, 3.8) is 0 Å². The van der Waals surface area contributed by atoms with Crippen LogP contribution in [0.25, 0.3) is 0 Å². The number of nitrogens with one attached hydrogen (secondary N) is 2. The molecule has 2 unspecified atom stereocenters. The zero-order valence-electron chi connectivity index (χ0n) is 16.5. The number of benzene rings is 2. The molecule has 150 valence electrons. The number of hydrogen-bond acceptors (Lipinski definition) is 4. The largest absolute Gasteiger partial charge is 0.457 e. The number of nitrogens with zero attached hydrogens (tertiary/aromatic N) is 1. The second-order valence-electron chi connectivity index (χ2n) is 7.28. The summed E-state index contributed by atoms with van der Waals surface area (Å²) in [5.74, 6) is 1.53. The molecule has 0 aliphatic carbocycles. The molecule has 0 bridgehead atoms. The van der Waals surface area contributed by atoms with Gasteiger partial charge >= 0.3 is 0 Å². The van der Waals surface area contributed by atoms with Crippen molar-refractivity contribution in [2.75, 3.05) is 18.4 Å². The van der Waals surface area contributed by atoms with Crippen molar-refractivity contribution in [2.24, 2.45) is 4.99 Å². The van der Waals surface area contributed by atoms with Crippen LogP contribution < -0.4 is 15.4 Å². The van der Waals surface area contributed by atoms with Crippen LogP contribution in [0.2, 0.25) is 5.02 Å². The molecule has 1 saturated heterocycles. The van der Waals surface area contributed by atoms with Gasteiger partial charge in [-0.05, 0) is 91.7 Å². The fourth-order valence-electron chi connectivity index (χ4n) is 3.11. The van der Waals surface area contributed by atoms with Crippen LogP contribution in [0.1, 0.15) is 25.0 Å². The van der Waals surface area contributed by atoms with Crippen molar-refractivity contribution in [1.29, 1.82) is 0 Å². The van der Waals surface area contributed by atoms with E-state index in [0.29, 0.717) is 11.6 Å². The Kier molecular flexibility index (Phi) is 6.85. The van der Waals surface area contributed by atoms with Crippen LogP contribution in [0, 0.1) is 17.4 Å².